The van der Waals surface area contributed by atoms with Gasteiger partial charge in [0.2, 0.25) is 5.13 Å². The van der Waals surface area contributed by atoms with E-state index in [9.17, 15) is 0 Å². The van der Waals surface area contributed by atoms with Gasteiger partial charge in [0.1, 0.15) is 5.82 Å². The van der Waals surface area contributed by atoms with Crippen LogP contribution >= 0.6 is 35.5 Å². The number of nitrogens with one attached hydrogen (secondary N) is 1. The molecule has 0 spiro atoms. The summed E-state index contributed by atoms with van der Waals surface area (Å²) in [5.74, 6) is 3.53. The number of hydrogen-bond donors (Lipinski definition) is 1. The van der Waals surface area contributed by atoms with Crippen LogP contribution in [0.3, 0.4) is 0 Å². The number of piperazine rings is 1. The molecule has 1 saturated heterocycles. The molecule has 1 N–H and O–H groups in total. The topological polar surface area (TPSA) is 75.1 Å². The quantitative estimate of drug-likeness (QED) is 0.344. The number of halogens is 1. The van der Waals surface area contributed by atoms with Gasteiger partial charge >= 0.3 is 0 Å². The Morgan fingerprint density at radius 1 is 1.13 bits per heavy atom. The third kappa shape index (κ3) is 6.12. The van der Waals surface area contributed by atoms with Crippen LogP contribution in [0.5, 0.6) is 11.5 Å². The highest BCUT2D eigenvalue weighted by atomic mass is 127. The van der Waals surface area contributed by atoms with E-state index in [2.05, 4.69) is 44.4 Å². The number of nitrogens with zero attached hydrogens (tertiary/aromatic N) is 5. The van der Waals surface area contributed by atoms with E-state index >= 15 is 0 Å². The molecule has 3 heterocycles. The molecular weight excluding hydrogens is 527 g/mol. The van der Waals surface area contributed by atoms with Crippen molar-refractivity contribution in [1.29, 1.82) is 0 Å². The van der Waals surface area contributed by atoms with Gasteiger partial charge in [0.05, 0.1) is 19.8 Å². The number of ether oxygens (including phenoxy) is 2. The van der Waals surface area contributed by atoms with Crippen molar-refractivity contribution in [3.63, 3.8) is 0 Å². The first kappa shape index (κ1) is 23.8. The second-order valence-corrected chi connectivity index (χ2v) is 8.05. The molecule has 2 aliphatic rings. The Morgan fingerprint density at radius 3 is 2.61 bits per heavy atom. The molecule has 1 aromatic heterocycles. The first-order valence-electron chi connectivity index (χ1n) is 10.8. The highest BCUT2D eigenvalue weighted by Gasteiger charge is 2.22. The van der Waals surface area contributed by atoms with E-state index in [-0.39, 0.29) is 24.0 Å². The standard InChI is InChI=1S/C21H30N6O2S.HI/c1-3-19-24-21(30-25-19)27-10-8-26(9-11-27)20(22-4-2)23-15-16-6-7-17-18(14-16)29-13-5-12-28-17;/h6-7,14H,3-5,8-13,15H2,1-2H3,(H,22,23);1H. The highest BCUT2D eigenvalue weighted by molar-refractivity contribution is 14.0. The average Bonchev–Trinajstić information content (AvgIpc) is 3.15. The molecule has 0 aliphatic carbocycles. The minimum atomic E-state index is 0. The fourth-order valence-electron chi connectivity index (χ4n) is 3.52. The maximum Gasteiger partial charge on any atom is 0.205 e. The van der Waals surface area contributed by atoms with Crippen LogP contribution in [-0.2, 0) is 13.0 Å². The van der Waals surface area contributed by atoms with Crippen molar-refractivity contribution in [2.24, 2.45) is 4.99 Å². The summed E-state index contributed by atoms with van der Waals surface area (Å²) >= 11 is 1.50. The molecule has 10 heteroatoms. The van der Waals surface area contributed by atoms with E-state index in [4.69, 9.17) is 14.5 Å². The minimum Gasteiger partial charge on any atom is -0.490 e. The fraction of sp³-hybridized carbons (Fsp3) is 0.571. The van der Waals surface area contributed by atoms with E-state index < -0.39 is 0 Å². The number of anilines is 1. The summed E-state index contributed by atoms with van der Waals surface area (Å²) in [7, 11) is 0. The Balaban J connectivity index is 0.00000272. The predicted molar refractivity (Wildman–Crippen MR) is 135 cm³/mol. The van der Waals surface area contributed by atoms with Crippen molar-refractivity contribution in [3.8, 4) is 11.5 Å². The molecule has 0 saturated carbocycles. The van der Waals surface area contributed by atoms with Crippen molar-refractivity contribution < 1.29 is 9.47 Å². The fourth-order valence-corrected chi connectivity index (χ4v) is 4.33. The number of benzene rings is 1. The maximum absolute atomic E-state index is 5.81. The van der Waals surface area contributed by atoms with Crippen molar-refractivity contribution in [1.82, 2.24) is 19.6 Å². The van der Waals surface area contributed by atoms with Crippen molar-refractivity contribution in [3.05, 3.63) is 29.6 Å². The van der Waals surface area contributed by atoms with E-state index in [1.54, 1.807) is 0 Å². The van der Waals surface area contributed by atoms with Crippen LogP contribution in [0.15, 0.2) is 23.2 Å². The lowest BCUT2D eigenvalue weighted by Crippen LogP contribution is -2.52. The molecule has 0 unspecified atom stereocenters. The van der Waals surface area contributed by atoms with Gasteiger partial charge in [-0.25, -0.2) is 9.98 Å². The van der Waals surface area contributed by atoms with Crippen LogP contribution in [-0.4, -0.2) is 66.2 Å². The molecule has 4 rings (SSSR count). The molecule has 2 aliphatic heterocycles. The molecule has 8 nitrogen and oxygen atoms in total. The summed E-state index contributed by atoms with van der Waals surface area (Å²) in [5, 5.41) is 4.47. The number of rotatable bonds is 5. The van der Waals surface area contributed by atoms with Crippen LogP contribution in [0, 0.1) is 0 Å². The predicted octanol–water partition coefficient (Wildman–Crippen LogP) is 3.17. The van der Waals surface area contributed by atoms with Gasteiger partial charge < -0.3 is 24.6 Å². The van der Waals surface area contributed by atoms with Crippen LogP contribution in [0.2, 0.25) is 0 Å². The monoisotopic (exact) mass is 558 g/mol. The van der Waals surface area contributed by atoms with E-state index in [1.807, 2.05) is 12.1 Å². The number of fused-ring (bicyclic) bond motifs is 1. The third-order valence-corrected chi connectivity index (χ3v) is 6.00. The molecule has 0 bridgehead atoms. The Morgan fingerprint density at radius 2 is 1.90 bits per heavy atom. The van der Waals surface area contributed by atoms with Crippen LogP contribution in [0.4, 0.5) is 5.13 Å². The zero-order valence-electron chi connectivity index (χ0n) is 18.2. The molecule has 170 valence electrons. The van der Waals surface area contributed by atoms with Gasteiger partial charge in [-0.3, -0.25) is 0 Å². The van der Waals surface area contributed by atoms with Crippen molar-refractivity contribution in [2.75, 3.05) is 50.8 Å². The Labute approximate surface area is 205 Å². The molecule has 1 fully saturated rings. The molecule has 0 amide bonds. The number of aryl methyl sites for hydroxylation is 1. The number of hydrogen-bond acceptors (Lipinski definition) is 7. The maximum atomic E-state index is 5.81. The summed E-state index contributed by atoms with van der Waals surface area (Å²) in [4.78, 5) is 14.2. The Kier molecular flexibility index (Phi) is 9.00. The van der Waals surface area contributed by atoms with Gasteiger partial charge in [0, 0.05) is 57.1 Å². The van der Waals surface area contributed by atoms with Gasteiger partial charge in [-0.2, -0.15) is 4.37 Å². The Bertz CT molecular complexity index is 869. The number of guanidine groups is 1. The number of aliphatic imine (C=N–C) groups is 1. The van der Waals surface area contributed by atoms with Crippen LogP contribution < -0.4 is 19.7 Å². The normalized spacial score (nSPS) is 16.5. The smallest absolute Gasteiger partial charge is 0.205 e. The van der Waals surface area contributed by atoms with E-state index in [0.717, 1.165) is 79.5 Å². The van der Waals surface area contributed by atoms with E-state index in [0.29, 0.717) is 19.8 Å². The zero-order valence-corrected chi connectivity index (χ0v) is 21.3. The van der Waals surface area contributed by atoms with Crippen LogP contribution in [0.1, 0.15) is 31.7 Å². The molecule has 0 atom stereocenters. The molecular formula is C21H31IN6O2S. The summed E-state index contributed by atoms with van der Waals surface area (Å²) in [6, 6.07) is 6.11. The largest absolute Gasteiger partial charge is 0.490 e. The Hall–Kier alpha value is -1.82. The average molecular weight is 558 g/mol. The van der Waals surface area contributed by atoms with Gasteiger partial charge in [0.25, 0.3) is 0 Å². The van der Waals surface area contributed by atoms with Gasteiger partial charge in [0.15, 0.2) is 17.5 Å². The van der Waals surface area contributed by atoms with Gasteiger partial charge in [-0.05, 0) is 24.6 Å². The van der Waals surface area contributed by atoms with E-state index in [1.165, 1.54) is 11.5 Å². The minimum absolute atomic E-state index is 0. The first-order chi connectivity index (χ1) is 14.8. The summed E-state index contributed by atoms with van der Waals surface area (Å²) in [6.07, 6.45) is 1.79. The summed E-state index contributed by atoms with van der Waals surface area (Å²) in [6.45, 7) is 10.7. The summed E-state index contributed by atoms with van der Waals surface area (Å²) in [5.41, 5.74) is 1.12. The molecule has 2 aromatic rings. The lowest BCUT2D eigenvalue weighted by Gasteiger charge is -2.36. The molecule has 0 radical (unpaired) electrons. The van der Waals surface area contributed by atoms with Crippen LogP contribution in [0.25, 0.3) is 0 Å². The zero-order chi connectivity index (χ0) is 20.8. The van der Waals surface area contributed by atoms with Crippen molar-refractivity contribution in [2.45, 2.75) is 33.2 Å². The van der Waals surface area contributed by atoms with Gasteiger partial charge in [-0.1, -0.05) is 13.0 Å². The lowest BCUT2D eigenvalue weighted by atomic mass is 10.2. The van der Waals surface area contributed by atoms with Crippen molar-refractivity contribution >= 4 is 46.6 Å². The van der Waals surface area contributed by atoms with Gasteiger partial charge in [-0.15, -0.1) is 24.0 Å². The highest BCUT2D eigenvalue weighted by Crippen LogP contribution is 2.30. The lowest BCUT2D eigenvalue weighted by molar-refractivity contribution is 0.297. The molecule has 1 aromatic carbocycles. The third-order valence-electron chi connectivity index (χ3n) is 5.18. The first-order valence-corrected chi connectivity index (χ1v) is 11.5. The second kappa shape index (κ2) is 11.7. The second-order valence-electron chi connectivity index (χ2n) is 7.32. The molecule has 31 heavy (non-hydrogen) atoms. The summed E-state index contributed by atoms with van der Waals surface area (Å²) < 4.78 is 15.9. The number of aromatic nitrogens is 2. The SMILES string of the molecule is CCNC(=NCc1ccc2c(c1)OCCCO2)N1CCN(c2nc(CC)ns2)CC1.I.